The number of hydrogen-bond acceptors (Lipinski definition) is 4. The van der Waals surface area contributed by atoms with Gasteiger partial charge in [0.25, 0.3) is 5.91 Å². The Morgan fingerprint density at radius 3 is 2.48 bits per heavy atom. The van der Waals surface area contributed by atoms with Gasteiger partial charge in [-0.15, -0.1) is 0 Å². The Morgan fingerprint density at radius 1 is 1.22 bits per heavy atom. The monoisotopic (exact) mass is 427 g/mol. The average molecular weight is 429 g/mol. The van der Waals surface area contributed by atoms with Gasteiger partial charge in [-0.1, -0.05) is 34.8 Å². The topological polar surface area (TPSA) is 69.3 Å². The van der Waals surface area contributed by atoms with Crippen molar-refractivity contribution in [3.63, 3.8) is 0 Å². The van der Waals surface area contributed by atoms with Gasteiger partial charge >= 0.3 is 0 Å². The number of aromatic nitrogens is 2. The number of benzene rings is 1. The third-order valence-corrected chi connectivity index (χ3v) is 4.73. The average Bonchev–Trinajstić information content (AvgIpc) is 3.14. The maximum atomic E-state index is 12.4. The molecular weight excluding hydrogens is 413 g/mol. The lowest BCUT2D eigenvalue weighted by Crippen LogP contribution is -2.12. The number of ether oxygens (including phenoxy) is 1. The Bertz CT molecular complexity index is 988. The van der Waals surface area contributed by atoms with Gasteiger partial charge in [-0.2, -0.15) is 5.10 Å². The number of hydrogen-bond donors (Lipinski definition) is 1. The van der Waals surface area contributed by atoms with Crippen LogP contribution in [-0.4, -0.2) is 15.7 Å². The summed E-state index contributed by atoms with van der Waals surface area (Å²) in [4.78, 5) is 12.4. The first-order valence-corrected chi connectivity index (χ1v) is 9.07. The predicted molar refractivity (Wildman–Crippen MR) is 105 cm³/mol. The van der Waals surface area contributed by atoms with Gasteiger partial charge in [0.2, 0.25) is 0 Å². The molecule has 2 aromatic heterocycles. The quantitative estimate of drug-likeness (QED) is 0.589. The molecule has 142 valence electrons. The van der Waals surface area contributed by atoms with Crippen LogP contribution in [0.5, 0.6) is 5.75 Å². The van der Waals surface area contributed by atoms with E-state index in [0.29, 0.717) is 32.3 Å². The SMILES string of the molecule is Cc1nn(C)c(C)c1NC(=O)c1ccc(COc2c(Cl)cc(Cl)cc2Cl)o1. The van der Waals surface area contributed by atoms with Crippen LogP contribution < -0.4 is 10.1 Å². The van der Waals surface area contributed by atoms with Crippen molar-refractivity contribution in [3.8, 4) is 5.75 Å². The molecule has 27 heavy (non-hydrogen) atoms. The number of aryl methyl sites for hydroxylation is 2. The highest BCUT2D eigenvalue weighted by Crippen LogP contribution is 2.36. The van der Waals surface area contributed by atoms with Gasteiger partial charge in [0.1, 0.15) is 12.4 Å². The number of rotatable bonds is 5. The third-order valence-electron chi connectivity index (χ3n) is 3.95. The molecule has 0 radical (unpaired) electrons. The Labute approximate surface area is 171 Å². The van der Waals surface area contributed by atoms with Crippen molar-refractivity contribution >= 4 is 46.4 Å². The van der Waals surface area contributed by atoms with Crippen LogP contribution in [0.2, 0.25) is 15.1 Å². The van der Waals surface area contributed by atoms with Crippen LogP contribution in [0, 0.1) is 13.8 Å². The summed E-state index contributed by atoms with van der Waals surface area (Å²) in [6.45, 7) is 3.75. The smallest absolute Gasteiger partial charge is 0.291 e. The van der Waals surface area contributed by atoms with E-state index in [9.17, 15) is 4.79 Å². The summed E-state index contributed by atoms with van der Waals surface area (Å²) in [5.41, 5.74) is 2.24. The molecule has 0 aliphatic heterocycles. The van der Waals surface area contributed by atoms with Gasteiger partial charge in [-0.05, 0) is 38.1 Å². The van der Waals surface area contributed by atoms with E-state index in [1.165, 1.54) is 12.1 Å². The lowest BCUT2D eigenvalue weighted by atomic mass is 10.3. The van der Waals surface area contributed by atoms with Gasteiger partial charge in [0.05, 0.1) is 27.1 Å². The molecule has 0 atom stereocenters. The van der Waals surface area contributed by atoms with E-state index in [0.717, 1.165) is 11.4 Å². The number of carbonyl (C=O) groups excluding carboxylic acids is 1. The van der Waals surface area contributed by atoms with Crippen LogP contribution in [0.25, 0.3) is 0 Å². The van der Waals surface area contributed by atoms with E-state index >= 15 is 0 Å². The maximum absolute atomic E-state index is 12.4. The molecule has 6 nitrogen and oxygen atoms in total. The molecule has 1 aromatic carbocycles. The number of furan rings is 1. The molecular formula is C18H16Cl3N3O3. The molecule has 0 aliphatic carbocycles. The minimum atomic E-state index is -0.372. The third kappa shape index (κ3) is 4.24. The van der Waals surface area contributed by atoms with Crippen LogP contribution in [-0.2, 0) is 13.7 Å². The molecule has 3 rings (SSSR count). The first-order valence-electron chi connectivity index (χ1n) is 7.94. The fraction of sp³-hybridized carbons (Fsp3) is 0.222. The van der Waals surface area contributed by atoms with Crippen LogP contribution in [0.1, 0.15) is 27.7 Å². The molecule has 0 fully saturated rings. The zero-order valence-corrected chi connectivity index (χ0v) is 17.0. The van der Waals surface area contributed by atoms with E-state index in [1.54, 1.807) is 16.8 Å². The molecule has 0 saturated heterocycles. The van der Waals surface area contributed by atoms with Crippen LogP contribution in [0.15, 0.2) is 28.7 Å². The second-order valence-electron chi connectivity index (χ2n) is 5.88. The van der Waals surface area contributed by atoms with Crippen LogP contribution >= 0.6 is 34.8 Å². The first kappa shape index (κ1) is 19.6. The number of anilines is 1. The van der Waals surface area contributed by atoms with Crippen molar-refractivity contribution in [2.24, 2.45) is 7.05 Å². The predicted octanol–water partition coefficient (Wildman–Crippen LogP) is 5.42. The molecule has 1 amide bonds. The standard InChI is InChI=1S/C18H16Cl3N3O3/c1-9-16(10(2)24(3)23-9)22-18(25)15-5-4-12(27-15)8-26-17-13(20)6-11(19)7-14(17)21/h4-7H,8H2,1-3H3,(H,22,25). The summed E-state index contributed by atoms with van der Waals surface area (Å²) in [5.74, 6) is 0.529. The minimum absolute atomic E-state index is 0.0549. The second-order valence-corrected chi connectivity index (χ2v) is 7.13. The highest BCUT2D eigenvalue weighted by Gasteiger charge is 2.17. The van der Waals surface area contributed by atoms with Crippen molar-refractivity contribution in [2.75, 3.05) is 5.32 Å². The molecule has 9 heteroatoms. The number of carbonyl (C=O) groups is 1. The lowest BCUT2D eigenvalue weighted by Gasteiger charge is -2.09. The normalized spacial score (nSPS) is 10.9. The Hall–Kier alpha value is -2.15. The molecule has 0 bridgehead atoms. The maximum Gasteiger partial charge on any atom is 0.291 e. The van der Waals surface area contributed by atoms with Gasteiger partial charge < -0.3 is 14.5 Å². The molecule has 0 aliphatic rings. The van der Waals surface area contributed by atoms with Crippen molar-refractivity contribution in [2.45, 2.75) is 20.5 Å². The van der Waals surface area contributed by atoms with Gasteiger partial charge in [0, 0.05) is 12.1 Å². The van der Waals surface area contributed by atoms with E-state index in [1.807, 2.05) is 20.9 Å². The van der Waals surface area contributed by atoms with Crippen molar-refractivity contribution in [1.82, 2.24) is 9.78 Å². The minimum Gasteiger partial charge on any atom is -0.483 e. The second kappa shape index (κ2) is 7.84. The zero-order valence-electron chi connectivity index (χ0n) is 14.8. The molecule has 0 saturated carbocycles. The highest BCUT2D eigenvalue weighted by atomic mass is 35.5. The molecule has 3 aromatic rings. The van der Waals surface area contributed by atoms with Crippen molar-refractivity contribution in [1.29, 1.82) is 0 Å². The number of nitrogens with zero attached hydrogens (tertiary/aromatic N) is 2. The summed E-state index contributed by atoms with van der Waals surface area (Å²) in [7, 11) is 1.81. The summed E-state index contributed by atoms with van der Waals surface area (Å²) >= 11 is 18.0. The van der Waals surface area contributed by atoms with Gasteiger partial charge in [-0.25, -0.2) is 0 Å². The van der Waals surface area contributed by atoms with E-state index in [2.05, 4.69) is 10.4 Å². The lowest BCUT2D eigenvalue weighted by molar-refractivity contribution is 0.0992. The summed E-state index contributed by atoms with van der Waals surface area (Å²) in [6.07, 6.45) is 0. The van der Waals surface area contributed by atoms with Gasteiger partial charge in [-0.3, -0.25) is 9.48 Å². The Morgan fingerprint density at radius 2 is 1.89 bits per heavy atom. The first-order chi connectivity index (χ1) is 12.8. The summed E-state index contributed by atoms with van der Waals surface area (Å²) < 4.78 is 12.9. The molecule has 2 heterocycles. The number of nitrogens with one attached hydrogen (secondary N) is 1. The fourth-order valence-corrected chi connectivity index (χ4v) is 3.44. The Balaban J connectivity index is 1.69. The fourth-order valence-electron chi connectivity index (χ4n) is 2.52. The van der Waals surface area contributed by atoms with Crippen LogP contribution in [0.3, 0.4) is 0 Å². The largest absolute Gasteiger partial charge is 0.483 e. The highest BCUT2D eigenvalue weighted by molar-refractivity contribution is 6.40. The van der Waals surface area contributed by atoms with E-state index < -0.39 is 0 Å². The van der Waals surface area contributed by atoms with Crippen molar-refractivity contribution in [3.05, 3.63) is 62.2 Å². The zero-order chi connectivity index (χ0) is 19.7. The molecule has 1 N–H and O–H groups in total. The van der Waals surface area contributed by atoms with Crippen molar-refractivity contribution < 1.29 is 13.9 Å². The number of amides is 1. The molecule has 0 spiro atoms. The van der Waals surface area contributed by atoms with Crippen LogP contribution in [0.4, 0.5) is 5.69 Å². The van der Waals surface area contributed by atoms with E-state index in [4.69, 9.17) is 44.0 Å². The van der Waals surface area contributed by atoms with E-state index in [-0.39, 0.29) is 18.3 Å². The molecule has 0 unspecified atom stereocenters. The van der Waals surface area contributed by atoms with Gasteiger partial charge in [0.15, 0.2) is 11.5 Å². The summed E-state index contributed by atoms with van der Waals surface area (Å²) in [6, 6.07) is 6.28. The Kier molecular flexibility index (Phi) is 5.69. The number of halogens is 3. The summed E-state index contributed by atoms with van der Waals surface area (Å²) in [5, 5.41) is 8.07.